The Balaban J connectivity index is 1.83. The van der Waals surface area contributed by atoms with Crippen LogP contribution in [0.25, 0.3) is 0 Å². The second kappa shape index (κ2) is 8.52. The SMILES string of the molecule is CC(C)Oc1cc(Nc2cc(F)c(C#N)c(N[C@@H](C)c3ccc(F)cn3)n2)[nH]n1. The molecule has 3 N–H and O–H groups in total. The van der Waals surface area contributed by atoms with Crippen LogP contribution in [-0.2, 0) is 0 Å². The molecule has 0 saturated heterocycles. The Bertz CT molecular complexity index is 1030. The van der Waals surface area contributed by atoms with Gasteiger partial charge in [0.1, 0.15) is 40.7 Å². The first-order valence-corrected chi connectivity index (χ1v) is 8.83. The highest BCUT2D eigenvalue weighted by Gasteiger charge is 2.17. The molecule has 3 aromatic rings. The number of hydrogen-bond acceptors (Lipinski definition) is 7. The van der Waals surface area contributed by atoms with Crippen molar-refractivity contribution in [1.82, 2.24) is 20.2 Å². The lowest BCUT2D eigenvalue weighted by atomic mass is 10.2. The molecule has 1 atom stereocenters. The highest BCUT2D eigenvalue weighted by atomic mass is 19.1. The number of ether oxygens (including phenoxy) is 1. The molecule has 8 nitrogen and oxygen atoms in total. The Labute approximate surface area is 166 Å². The molecule has 29 heavy (non-hydrogen) atoms. The van der Waals surface area contributed by atoms with Crippen molar-refractivity contribution in [2.75, 3.05) is 10.6 Å². The third kappa shape index (κ3) is 4.95. The van der Waals surface area contributed by atoms with Crippen molar-refractivity contribution >= 4 is 17.5 Å². The highest BCUT2D eigenvalue weighted by molar-refractivity contribution is 5.61. The van der Waals surface area contributed by atoms with Crippen LogP contribution in [0.4, 0.5) is 26.2 Å². The summed E-state index contributed by atoms with van der Waals surface area (Å²) in [6.07, 6.45) is 1.04. The first kappa shape index (κ1) is 20.0. The average molecular weight is 399 g/mol. The zero-order valence-electron chi connectivity index (χ0n) is 16.0. The monoisotopic (exact) mass is 399 g/mol. The maximum absolute atomic E-state index is 14.4. The Kier molecular flexibility index (Phi) is 5.87. The molecule has 3 rings (SSSR count). The molecule has 0 aromatic carbocycles. The largest absolute Gasteiger partial charge is 0.474 e. The number of anilines is 3. The average Bonchev–Trinajstić information content (AvgIpc) is 3.08. The summed E-state index contributed by atoms with van der Waals surface area (Å²) in [6, 6.07) is 6.84. The van der Waals surface area contributed by atoms with E-state index in [4.69, 9.17) is 4.74 Å². The van der Waals surface area contributed by atoms with Gasteiger partial charge in [0.05, 0.1) is 24.0 Å². The maximum atomic E-state index is 14.4. The van der Waals surface area contributed by atoms with E-state index < -0.39 is 17.7 Å². The molecule has 3 aromatic heterocycles. The van der Waals surface area contributed by atoms with Gasteiger partial charge in [0.15, 0.2) is 0 Å². The second-order valence-electron chi connectivity index (χ2n) is 6.50. The first-order chi connectivity index (χ1) is 13.9. The third-order valence-electron chi connectivity index (χ3n) is 3.80. The van der Waals surface area contributed by atoms with Crippen molar-refractivity contribution in [2.45, 2.75) is 32.9 Å². The van der Waals surface area contributed by atoms with Gasteiger partial charge in [-0.25, -0.2) is 13.8 Å². The van der Waals surface area contributed by atoms with Crippen molar-refractivity contribution in [3.8, 4) is 11.9 Å². The predicted octanol–water partition coefficient (Wildman–Crippen LogP) is 4.05. The summed E-state index contributed by atoms with van der Waals surface area (Å²) in [5, 5.41) is 21.8. The first-order valence-electron chi connectivity index (χ1n) is 8.83. The van der Waals surface area contributed by atoms with Crippen LogP contribution in [0, 0.1) is 23.0 Å². The molecule has 0 aliphatic heterocycles. The molecule has 10 heteroatoms. The van der Waals surface area contributed by atoms with E-state index in [2.05, 4.69) is 30.8 Å². The molecule has 0 aliphatic carbocycles. The van der Waals surface area contributed by atoms with E-state index in [1.165, 1.54) is 12.1 Å². The van der Waals surface area contributed by atoms with Crippen molar-refractivity contribution in [3.63, 3.8) is 0 Å². The van der Waals surface area contributed by atoms with E-state index >= 15 is 0 Å². The summed E-state index contributed by atoms with van der Waals surface area (Å²) in [5.41, 5.74) is 0.276. The van der Waals surface area contributed by atoms with Crippen LogP contribution in [0.3, 0.4) is 0 Å². The van der Waals surface area contributed by atoms with Gasteiger partial charge in [-0.1, -0.05) is 0 Å². The summed E-state index contributed by atoms with van der Waals surface area (Å²) < 4.78 is 33.0. The van der Waals surface area contributed by atoms with Crippen molar-refractivity contribution in [3.05, 3.63) is 53.4 Å². The number of nitriles is 1. The van der Waals surface area contributed by atoms with Crippen LogP contribution < -0.4 is 15.4 Å². The molecule has 0 amide bonds. The standard InChI is InChI=1S/C19H19F2N7O/c1-10(2)29-18-7-17(27-28-18)25-16-6-14(21)13(8-22)19(26-16)24-11(3)15-5-4-12(20)9-23-15/h4-7,9-11H,1-3H3,(H3,24,25,26,27,28)/t11-/m0/s1. The highest BCUT2D eigenvalue weighted by Crippen LogP contribution is 2.26. The summed E-state index contributed by atoms with van der Waals surface area (Å²) >= 11 is 0. The molecule has 3 heterocycles. The van der Waals surface area contributed by atoms with E-state index in [0.29, 0.717) is 17.4 Å². The van der Waals surface area contributed by atoms with Gasteiger partial charge in [0, 0.05) is 12.1 Å². The zero-order valence-corrected chi connectivity index (χ0v) is 16.0. The Morgan fingerprint density at radius 2 is 2.00 bits per heavy atom. The molecule has 0 saturated carbocycles. The van der Waals surface area contributed by atoms with Gasteiger partial charge >= 0.3 is 0 Å². The van der Waals surface area contributed by atoms with E-state index in [0.717, 1.165) is 12.3 Å². The van der Waals surface area contributed by atoms with Crippen LogP contribution in [0.1, 0.15) is 38.1 Å². The smallest absolute Gasteiger partial charge is 0.234 e. The number of aromatic nitrogens is 4. The maximum Gasteiger partial charge on any atom is 0.234 e. The quantitative estimate of drug-likeness (QED) is 0.549. The molecule has 0 unspecified atom stereocenters. The number of hydrogen-bond donors (Lipinski definition) is 3. The van der Waals surface area contributed by atoms with Crippen molar-refractivity contribution < 1.29 is 13.5 Å². The van der Waals surface area contributed by atoms with E-state index in [9.17, 15) is 14.0 Å². The number of nitrogens with zero attached hydrogens (tertiary/aromatic N) is 4. The number of nitrogens with one attached hydrogen (secondary N) is 3. The minimum absolute atomic E-state index is 0.0341. The molecule has 0 aliphatic rings. The number of H-pyrrole nitrogens is 1. The lowest BCUT2D eigenvalue weighted by Crippen LogP contribution is -2.12. The topological polar surface area (TPSA) is 112 Å². The van der Waals surface area contributed by atoms with Gasteiger partial charge in [0.25, 0.3) is 0 Å². The van der Waals surface area contributed by atoms with Crippen LogP contribution in [-0.4, -0.2) is 26.3 Å². The third-order valence-corrected chi connectivity index (χ3v) is 3.80. The summed E-state index contributed by atoms with van der Waals surface area (Å²) in [6.45, 7) is 5.48. The Morgan fingerprint density at radius 1 is 1.21 bits per heavy atom. The van der Waals surface area contributed by atoms with Gasteiger partial charge in [0.2, 0.25) is 5.88 Å². The molecule has 0 spiro atoms. The number of halogens is 2. The van der Waals surface area contributed by atoms with Crippen LogP contribution in [0.2, 0.25) is 0 Å². The van der Waals surface area contributed by atoms with Gasteiger partial charge in [-0.2, -0.15) is 5.26 Å². The van der Waals surface area contributed by atoms with Crippen LogP contribution in [0.15, 0.2) is 30.5 Å². The Hall–Kier alpha value is -3.74. The van der Waals surface area contributed by atoms with Crippen molar-refractivity contribution in [2.24, 2.45) is 0 Å². The number of aromatic amines is 1. The molecule has 150 valence electrons. The fourth-order valence-corrected chi connectivity index (χ4v) is 2.52. The number of pyridine rings is 2. The van der Waals surface area contributed by atoms with Gasteiger partial charge in [-0.15, -0.1) is 5.10 Å². The molecular weight excluding hydrogens is 380 g/mol. The lowest BCUT2D eigenvalue weighted by Gasteiger charge is -2.16. The number of rotatable bonds is 7. The summed E-state index contributed by atoms with van der Waals surface area (Å²) in [4.78, 5) is 8.26. The second-order valence-corrected chi connectivity index (χ2v) is 6.50. The normalized spacial score (nSPS) is 11.8. The fraction of sp³-hybridized carbons (Fsp3) is 0.263. The Morgan fingerprint density at radius 3 is 2.66 bits per heavy atom. The zero-order chi connectivity index (χ0) is 21.0. The van der Waals surface area contributed by atoms with E-state index in [1.807, 2.05) is 13.8 Å². The minimum atomic E-state index is -0.745. The lowest BCUT2D eigenvalue weighted by molar-refractivity contribution is 0.232. The molecule has 0 fully saturated rings. The van der Waals surface area contributed by atoms with E-state index in [1.54, 1.807) is 19.1 Å². The van der Waals surface area contributed by atoms with Gasteiger partial charge in [-0.3, -0.25) is 10.1 Å². The molecular formula is C19H19F2N7O. The van der Waals surface area contributed by atoms with E-state index in [-0.39, 0.29) is 23.3 Å². The summed E-state index contributed by atoms with van der Waals surface area (Å²) in [7, 11) is 0. The van der Waals surface area contributed by atoms with Crippen molar-refractivity contribution in [1.29, 1.82) is 5.26 Å². The fourth-order valence-electron chi connectivity index (χ4n) is 2.52. The minimum Gasteiger partial charge on any atom is -0.474 e. The van der Waals surface area contributed by atoms with Gasteiger partial charge in [-0.05, 0) is 32.9 Å². The van der Waals surface area contributed by atoms with Crippen LogP contribution >= 0.6 is 0 Å². The van der Waals surface area contributed by atoms with Crippen LogP contribution in [0.5, 0.6) is 5.88 Å². The van der Waals surface area contributed by atoms with Gasteiger partial charge < -0.3 is 15.4 Å². The molecule has 0 radical (unpaired) electrons. The predicted molar refractivity (Wildman–Crippen MR) is 103 cm³/mol. The summed E-state index contributed by atoms with van der Waals surface area (Å²) in [5.74, 6) is -0.198. The molecule has 0 bridgehead atoms.